The van der Waals surface area contributed by atoms with Crippen LogP contribution in [0.4, 0.5) is 8.78 Å². The van der Waals surface area contributed by atoms with Gasteiger partial charge in [0.2, 0.25) is 0 Å². The van der Waals surface area contributed by atoms with E-state index in [-0.39, 0.29) is 30.6 Å². The Morgan fingerprint density at radius 3 is 2.71 bits per heavy atom. The van der Waals surface area contributed by atoms with E-state index < -0.39 is 53.0 Å². The molecular weight excluding hydrogens is 366 g/mol. The Bertz CT molecular complexity index is 760. The monoisotopic (exact) mass is 394 g/mol. The molecular formula is C22H28F2O4. The number of aliphatic hydroxyl groups is 2. The zero-order valence-electron chi connectivity index (χ0n) is 16.3. The molecule has 3 aliphatic rings. The van der Waals surface area contributed by atoms with Gasteiger partial charge in [0.15, 0.2) is 17.2 Å². The molecule has 2 saturated carbocycles. The van der Waals surface area contributed by atoms with Crippen molar-refractivity contribution in [2.24, 2.45) is 22.7 Å². The highest BCUT2D eigenvalue weighted by molar-refractivity contribution is 6.01. The minimum absolute atomic E-state index is 0.00581. The summed E-state index contributed by atoms with van der Waals surface area (Å²) in [4.78, 5) is 23.8. The summed E-state index contributed by atoms with van der Waals surface area (Å²) in [6, 6.07) is 0. The Morgan fingerprint density at radius 2 is 2.11 bits per heavy atom. The van der Waals surface area contributed by atoms with E-state index in [9.17, 15) is 19.8 Å². The van der Waals surface area contributed by atoms with Gasteiger partial charge >= 0.3 is 0 Å². The number of carbonyl (C=O) groups is 2. The van der Waals surface area contributed by atoms with Crippen LogP contribution in [0.25, 0.3) is 0 Å². The summed E-state index contributed by atoms with van der Waals surface area (Å²) >= 11 is 0. The second kappa shape index (κ2) is 6.99. The van der Waals surface area contributed by atoms with E-state index in [0.717, 1.165) is 6.08 Å². The molecule has 0 spiro atoms. The molecule has 4 nitrogen and oxygen atoms in total. The number of rotatable bonds is 5. The van der Waals surface area contributed by atoms with Gasteiger partial charge in [0, 0.05) is 17.8 Å². The molecule has 0 aromatic rings. The number of allylic oxidation sites excluding steroid dienone is 5. The SMILES string of the molecule is C=CC[C@H]1[C@@H]2C[C@H](F)C3=CC(=O)C=C[C@]3(C)[C@@]2(F)[C@@H](O)C[C@]1(C)CC(=O)CO. The Morgan fingerprint density at radius 1 is 1.43 bits per heavy atom. The van der Waals surface area contributed by atoms with E-state index in [0.29, 0.717) is 6.42 Å². The highest BCUT2D eigenvalue weighted by atomic mass is 19.1. The molecule has 0 aromatic heterocycles. The van der Waals surface area contributed by atoms with Crippen LogP contribution in [-0.2, 0) is 9.59 Å². The molecule has 0 amide bonds. The summed E-state index contributed by atoms with van der Waals surface area (Å²) in [7, 11) is 0. The van der Waals surface area contributed by atoms with Crippen molar-refractivity contribution in [3.63, 3.8) is 0 Å². The molecule has 0 heterocycles. The number of fused-ring (bicyclic) bond motifs is 3. The minimum Gasteiger partial charge on any atom is -0.390 e. The van der Waals surface area contributed by atoms with E-state index in [1.54, 1.807) is 13.0 Å². The Hall–Kier alpha value is -1.66. The average molecular weight is 394 g/mol. The molecule has 6 heteroatoms. The Balaban J connectivity index is 2.12. The molecule has 0 radical (unpaired) electrons. The second-order valence-electron chi connectivity index (χ2n) is 8.99. The van der Waals surface area contributed by atoms with E-state index >= 15 is 8.78 Å². The first-order valence-electron chi connectivity index (χ1n) is 9.73. The number of halogens is 2. The molecule has 2 fully saturated rings. The number of carbonyl (C=O) groups excluding carboxylic acids is 2. The van der Waals surface area contributed by atoms with Crippen LogP contribution >= 0.6 is 0 Å². The molecule has 154 valence electrons. The van der Waals surface area contributed by atoms with Gasteiger partial charge in [-0.15, -0.1) is 6.58 Å². The Labute approximate surface area is 164 Å². The van der Waals surface area contributed by atoms with Gasteiger partial charge in [-0.3, -0.25) is 9.59 Å². The molecule has 3 rings (SSSR count). The first-order valence-corrected chi connectivity index (χ1v) is 9.73. The highest BCUT2D eigenvalue weighted by Gasteiger charge is 2.69. The molecule has 0 aliphatic heterocycles. The summed E-state index contributed by atoms with van der Waals surface area (Å²) in [5.74, 6) is -2.07. The second-order valence-corrected chi connectivity index (χ2v) is 8.99. The third-order valence-corrected chi connectivity index (χ3v) is 7.34. The number of ketones is 2. The number of hydrogen-bond acceptors (Lipinski definition) is 4. The number of hydrogen-bond donors (Lipinski definition) is 2. The van der Waals surface area contributed by atoms with Crippen molar-refractivity contribution < 1.29 is 28.6 Å². The lowest BCUT2D eigenvalue weighted by Gasteiger charge is -2.63. The summed E-state index contributed by atoms with van der Waals surface area (Å²) in [5.41, 5.74) is -4.33. The van der Waals surface area contributed by atoms with Crippen LogP contribution in [-0.4, -0.2) is 46.3 Å². The lowest BCUT2D eigenvalue weighted by Crippen LogP contribution is -2.68. The quantitative estimate of drug-likeness (QED) is 0.703. The van der Waals surface area contributed by atoms with Gasteiger partial charge in [-0.05, 0) is 55.2 Å². The molecule has 0 bridgehead atoms. The normalized spacial score (nSPS) is 45.1. The van der Waals surface area contributed by atoms with Crippen LogP contribution in [0.3, 0.4) is 0 Å². The molecule has 28 heavy (non-hydrogen) atoms. The highest BCUT2D eigenvalue weighted by Crippen LogP contribution is 2.66. The molecule has 0 aromatic carbocycles. The summed E-state index contributed by atoms with van der Waals surface area (Å²) in [5, 5.41) is 20.2. The standard InChI is InChI=1S/C22H28F2O4/c1-4-5-15-16-9-18(23)17-8-13(26)6-7-21(17,3)22(16,24)19(28)11-20(15,2)10-14(27)12-25/h4,6-8,15-16,18-19,25,28H,1,5,9-12H2,2-3H3/t15-,16-,18-,19-,20-,21-,22-/m0/s1. The van der Waals surface area contributed by atoms with Crippen LogP contribution in [0.1, 0.15) is 39.5 Å². The maximum absolute atomic E-state index is 16.8. The number of aliphatic hydroxyl groups excluding tert-OH is 2. The van der Waals surface area contributed by atoms with Gasteiger partial charge in [0.1, 0.15) is 12.8 Å². The first kappa shape index (κ1) is 21.1. The summed E-state index contributed by atoms with van der Waals surface area (Å²) in [6.45, 7) is 6.45. The van der Waals surface area contributed by atoms with Gasteiger partial charge in [-0.25, -0.2) is 8.78 Å². The molecule has 0 unspecified atom stereocenters. The van der Waals surface area contributed by atoms with Crippen molar-refractivity contribution in [1.29, 1.82) is 0 Å². The van der Waals surface area contributed by atoms with Crippen LogP contribution in [0, 0.1) is 22.7 Å². The van der Waals surface area contributed by atoms with E-state index in [4.69, 9.17) is 0 Å². The van der Waals surface area contributed by atoms with Crippen LogP contribution in [0.5, 0.6) is 0 Å². The van der Waals surface area contributed by atoms with Crippen molar-refractivity contribution in [2.75, 3.05) is 6.61 Å². The average Bonchev–Trinajstić information content (AvgIpc) is 2.63. The fourth-order valence-electron chi connectivity index (χ4n) is 5.98. The summed E-state index contributed by atoms with van der Waals surface area (Å²) in [6.07, 6.45) is 2.64. The molecule has 2 N–H and O–H groups in total. The first-order chi connectivity index (χ1) is 13.0. The van der Waals surface area contributed by atoms with Crippen LogP contribution < -0.4 is 0 Å². The van der Waals surface area contributed by atoms with Gasteiger partial charge < -0.3 is 10.2 Å². The predicted octanol–water partition coefficient (Wildman–Crippen LogP) is 3.04. The summed E-state index contributed by atoms with van der Waals surface area (Å²) < 4.78 is 31.9. The van der Waals surface area contributed by atoms with E-state index in [1.165, 1.54) is 19.1 Å². The fraction of sp³-hybridized carbons (Fsp3) is 0.636. The molecule has 3 aliphatic carbocycles. The molecule has 7 atom stereocenters. The van der Waals surface area contributed by atoms with Gasteiger partial charge in [-0.2, -0.15) is 0 Å². The maximum atomic E-state index is 16.8. The van der Waals surface area contributed by atoms with Gasteiger partial charge in [0.05, 0.1) is 6.10 Å². The zero-order chi connectivity index (χ0) is 20.9. The smallest absolute Gasteiger partial charge is 0.178 e. The lowest BCUT2D eigenvalue weighted by atomic mass is 9.44. The van der Waals surface area contributed by atoms with Crippen molar-refractivity contribution in [3.8, 4) is 0 Å². The van der Waals surface area contributed by atoms with E-state index in [1.807, 2.05) is 0 Å². The van der Waals surface area contributed by atoms with Crippen molar-refractivity contribution in [1.82, 2.24) is 0 Å². The zero-order valence-corrected chi connectivity index (χ0v) is 16.3. The predicted molar refractivity (Wildman–Crippen MR) is 101 cm³/mol. The topological polar surface area (TPSA) is 74.6 Å². The maximum Gasteiger partial charge on any atom is 0.178 e. The minimum atomic E-state index is -2.17. The van der Waals surface area contributed by atoms with Crippen molar-refractivity contribution >= 4 is 11.6 Å². The number of Topliss-reactive ketones (excluding diaryl/α,β-unsaturated/α-hetero) is 1. The van der Waals surface area contributed by atoms with E-state index in [2.05, 4.69) is 6.58 Å². The van der Waals surface area contributed by atoms with Crippen LogP contribution in [0.15, 0.2) is 36.5 Å². The third kappa shape index (κ3) is 2.84. The van der Waals surface area contributed by atoms with Crippen LogP contribution in [0.2, 0.25) is 0 Å². The lowest BCUT2D eigenvalue weighted by molar-refractivity contribution is -0.203. The van der Waals surface area contributed by atoms with Gasteiger partial charge in [-0.1, -0.05) is 19.1 Å². The van der Waals surface area contributed by atoms with Crippen molar-refractivity contribution in [3.05, 3.63) is 36.5 Å². The largest absolute Gasteiger partial charge is 0.390 e. The van der Waals surface area contributed by atoms with Crippen molar-refractivity contribution in [2.45, 2.75) is 57.5 Å². The number of alkyl halides is 2. The third-order valence-electron chi connectivity index (χ3n) is 7.34. The fourth-order valence-corrected chi connectivity index (χ4v) is 5.98. The Kier molecular flexibility index (Phi) is 5.26. The molecule has 0 saturated heterocycles. The van der Waals surface area contributed by atoms with Gasteiger partial charge in [0.25, 0.3) is 0 Å².